The third-order valence-corrected chi connectivity index (χ3v) is 8.71. The maximum absolute atomic E-state index is 11.3. The molecule has 4 aromatic rings. The number of aryl methyl sites for hydroxylation is 3. The van der Waals surface area contributed by atoms with E-state index in [1.54, 1.807) is 22.7 Å². The van der Waals surface area contributed by atoms with Crippen LogP contribution >= 0.6 is 34.0 Å². The fourth-order valence-corrected chi connectivity index (χ4v) is 7.00. The number of rotatable bonds is 8. The van der Waals surface area contributed by atoms with Crippen molar-refractivity contribution in [2.75, 3.05) is 0 Å². The summed E-state index contributed by atoms with van der Waals surface area (Å²) in [5.74, 6) is 1.66. The summed E-state index contributed by atoms with van der Waals surface area (Å²) in [7, 11) is 0. The van der Waals surface area contributed by atoms with E-state index >= 15 is 0 Å². The van der Waals surface area contributed by atoms with Gasteiger partial charge < -0.3 is 4.42 Å². The van der Waals surface area contributed by atoms with Gasteiger partial charge in [0.25, 0.3) is 0 Å². The van der Waals surface area contributed by atoms with Crippen molar-refractivity contribution in [2.45, 2.75) is 40.0 Å². The molecule has 0 aromatic carbocycles. The first-order valence-corrected chi connectivity index (χ1v) is 12.5. The van der Waals surface area contributed by atoms with E-state index in [-0.39, 0.29) is 0 Å². The number of thiophene rings is 3. The Labute approximate surface area is 188 Å². The Morgan fingerprint density at radius 1 is 0.700 bits per heavy atom. The lowest BCUT2D eigenvalue weighted by atomic mass is 10.1. The summed E-state index contributed by atoms with van der Waals surface area (Å²) in [6.45, 7) is 6.36. The zero-order valence-corrected chi connectivity index (χ0v) is 19.6. The standard InChI is InChI=1S/C24H22O3S3/c1-4-14-9-17(12-25)28-22(14)19-7-8-20(27-19)23-16(6-3)11-21(30-23)24-15(5-2)10-18(13-26)29-24/h7-13H,4-6H2,1-3H3. The molecule has 30 heavy (non-hydrogen) atoms. The van der Waals surface area contributed by atoms with Crippen molar-refractivity contribution in [3.05, 3.63) is 56.8 Å². The van der Waals surface area contributed by atoms with Gasteiger partial charge in [-0.05, 0) is 66.3 Å². The van der Waals surface area contributed by atoms with Gasteiger partial charge in [0.05, 0.1) is 19.5 Å². The van der Waals surface area contributed by atoms with Crippen molar-refractivity contribution >= 4 is 46.6 Å². The minimum Gasteiger partial charge on any atom is -0.454 e. The summed E-state index contributed by atoms with van der Waals surface area (Å²) in [6.07, 6.45) is 4.50. The maximum Gasteiger partial charge on any atom is 0.160 e. The lowest BCUT2D eigenvalue weighted by Crippen LogP contribution is -1.79. The number of hydrogen-bond donors (Lipinski definition) is 0. The number of carbonyl (C=O) groups excluding carboxylic acids is 2. The van der Waals surface area contributed by atoms with Crippen LogP contribution in [0.3, 0.4) is 0 Å². The molecule has 0 N–H and O–H groups in total. The van der Waals surface area contributed by atoms with Gasteiger partial charge in [0, 0.05) is 9.75 Å². The van der Waals surface area contributed by atoms with Gasteiger partial charge in [-0.2, -0.15) is 0 Å². The predicted octanol–water partition coefficient (Wildman–Crippen LogP) is 7.78. The predicted molar refractivity (Wildman–Crippen MR) is 128 cm³/mol. The van der Waals surface area contributed by atoms with Crippen LogP contribution in [0.5, 0.6) is 0 Å². The second-order valence-corrected chi connectivity index (χ2v) is 10.2. The molecule has 0 unspecified atom stereocenters. The summed E-state index contributed by atoms with van der Waals surface area (Å²) in [5.41, 5.74) is 3.60. The van der Waals surface area contributed by atoms with Crippen LogP contribution < -0.4 is 0 Å². The van der Waals surface area contributed by atoms with E-state index < -0.39 is 0 Å². The Morgan fingerprint density at radius 2 is 1.17 bits per heavy atom. The summed E-state index contributed by atoms with van der Waals surface area (Å²) in [5, 5.41) is 0. The van der Waals surface area contributed by atoms with E-state index in [0.717, 1.165) is 68.4 Å². The Morgan fingerprint density at radius 3 is 1.70 bits per heavy atom. The van der Waals surface area contributed by atoms with Gasteiger partial charge in [-0.1, -0.05) is 20.8 Å². The van der Waals surface area contributed by atoms with Crippen molar-refractivity contribution in [1.82, 2.24) is 0 Å². The maximum atomic E-state index is 11.3. The first-order valence-electron chi connectivity index (χ1n) is 10.0. The topological polar surface area (TPSA) is 47.3 Å². The Balaban J connectivity index is 1.76. The number of hydrogen-bond acceptors (Lipinski definition) is 6. The molecule has 0 aliphatic heterocycles. The molecule has 0 amide bonds. The van der Waals surface area contributed by atoms with Crippen LogP contribution in [0.1, 0.15) is 56.8 Å². The molecule has 4 rings (SSSR count). The average molecular weight is 455 g/mol. The molecule has 154 valence electrons. The summed E-state index contributed by atoms with van der Waals surface area (Å²) in [4.78, 5) is 28.5. The molecule has 0 radical (unpaired) electrons. The average Bonchev–Trinajstić information content (AvgIpc) is 3.55. The van der Waals surface area contributed by atoms with E-state index in [9.17, 15) is 9.59 Å². The molecule has 0 saturated heterocycles. The fraction of sp³-hybridized carbons (Fsp3) is 0.250. The smallest absolute Gasteiger partial charge is 0.160 e. The third-order valence-electron chi connectivity index (χ3n) is 5.12. The van der Waals surface area contributed by atoms with E-state index in [1.807, 2.05) is 24.3 Å². The monoisotopic (exact) mass is 454 g/mol. The van der Waals surface area contributed by atoms with Crippen LogP contribution in [0, 0.1) is 0 Å². The molecule has 0 atom stereocenters. The van der Waals surface area contributed by atoms with Crippen LogP contribution in [-0.4, -0.2) is 12.6 Å². The second-order valence-electron chi connectivity index (χ2n) is 6.93. The van der Waals surface area contributed by atoms with Crippen LogP contribution in [0.2, 0.25) is 0 Å². The Hall–Kier alpha value is -2.28. The second kappa shape index (κ2) is 8.84. The van der Waals surface area contributed by atoms with Crippen molar-refractivity contribution in [3.8, 4) is 31.0 Å². The molecule has 6 heteroatoms. The van der Waals surface area contributed by atoms with Crippen LogP contribution in [0.15, 0.2) is 34.7 Å². The van der Waals surface area contributed by atoms with E-state index in [1.165, 1.54) is 32.2 Å². The first-order chi connectivity index (χ1) is 14.6. The normalized spacial score (nSPS) is 11.2. The lowest BCUT2D eigenvalue weighted by molar-refractivity contribution is 0.111. The van der Waals surface area contributed by atoms with Crippen molar-refractivity contribution < 1.29 is 14.0 Å². The molecule has 4 aromatic heterocycles. The highest BCUT2D eigenvalue weighted by Crippen LogP contribution is 2.44. The SMILES string of the molecule is CCc1cc(C=O)sc1-c1ccc(-c2sc(-c3sc(C=O)cc3CC)cc2CC)o1. The van der Waals surface area contributed by atoms with Gasteiger partial charge in [-0.15, -0.1) is 34.0 Å². The van der Waals surface area contributed by atoms with Crippen LogP contribution in [0.25, 0.3) is 31.0 Å². The highest BCUT2D eigenvalue weighted by molar-refractivity contribution is 7.24. The van der Waals surface area contributed by atoms with Crippen molar-refractivity contribution in [2.24, 2.45) is 0 Å². The zero-order chi connectivity index (χ0) is 21.3. The molecular formula is C24H22O3S3. The summed E-state index contributed by atoms with van der Waals surface area (Å²) < 4.78 is 6.28. The molecule has 0 saturated carbocycles. The Kier molecular flexibility index (Phi) is 6.18. The zero-order valence-electron chi connectivity index (χ0n) is 17.1. The quantitative estimate of drug-likeness (QED) is 0.255. The van der Waals surface area contributed by atoms with Crippen molar-refractivity contribution in [3.63, 3.8) is 0 Å². The van der Waals surface area contributed by atoms with Gasteiger partial charge in [0.2, 0.25) is 0 Å². The molecule has 0 aliphatic carbocycles. The Bertz CT molecular complexity index is 1200. The van der Waals surface area contributed by atoms with Gasteiger partial charge in [0.1, 0.15) is 11.5 Å². The summed E-state index contributed by atoms with van der Waals surface area (Å²) >= 11 is 4.76. The minimum absolute atomic E-state index is 0.725. The largest absolute Gasteiger partial charge is 0.454 e. The van der Waals surface area contributed by atoms with E-state index in [2.05, 4.69) is 26.8 Å². The van der Waals surface area contributed by atoms with Crippen molar-refractivity contribution in [1.29, 1.82) is 0 Å². The molecule has 0 bridgehead atoms. The van der Waals surface area contributed by atoms with Gasteiger partial charge in [-0.3, -0.25) is 9.59 Å². The number of furan rings is 1. The first kappa shape index (κ1) is 21.0. The molecule has 0 aliphatic rings. The fourth-order valence-electron chi connectivity index (χ4n) is 3.55. The molecule has 4 heterocycles. The highest BCUT2D eigenvalue weighted by Gasteiger charge is 2.19. The number of carbonyl (C=O) groups is 2. The van der Waals surface area contributed by atoms with E-state index in [4.69, 9.17) is 4.42 Å². The minimum atomic E-state index is 0.725. The third kappa shape index (κ3) is 3.75. The highest BCUT2D eigenvalue weighted by atomic mass is 32.1. The van der Waals surface area contributed by atoms with E-state index in [0.29, 0.717) is 0 Å². The lowest BCUT2D eigenvalue weighted by Gasteiger charge is -1.99. The summed E-state index contributed by atoms with van der Waals surface area (Å²) in [6, 6.07) is 10.2. The molecule has 3 nitrogen and oxygen atoms in total. The molecular weight excluding hydrogens is 432 g/mol. The molecule has 0 spiro atoms. The molecule has 0 fully saturated rings. The number of aldehydes is 2. The van der Waals surface area contributed by atoms with Crippen LogP contribution in [0.4, 0.5) is 0 Å². The van der Waals surface area contributed by atoms with Gasteiger partial charge in [0.15, 0.2) is 12.6 Å². The van der Waals surface area contributed by atoms with Gasteiger partial charge in [-0.25, -0.2) is 0 Å². The van der Waals surface area contributed by atoms with Crippen LogP contribution in [-0.2, 0) is 19.3 Å². The van der Waals surface area contributed by atoms with Gasteiger partial charge >= 0.3 is 0 Å².